The summed E-state index contributed by atoms with van der Waals surface area (Å²) >= 11 is 0. The van der Waals surface area contributed by atoms with Gasteiger partial charge in [0.25, 0.3) is 0 Å². The minimum absolute atomic E-state index is 0.183. The Bertz CT molecular complexity index is 319. The molecule has 1 heterocycles. The van der Waals surface area contributed by atoms with Gasteiger partial charge in [0.15, 0.2) is 6.10 Å². The number of hydrogen-bond acceptors (Lipinski definition) is 7. The van der Waals surface area contributed by atoms with Crippen LogP contribution in [0.1, 0.15) is 26.7 Å². The number of carbonyl (C=O) groups excluding carboxylic acids is 2. The second-order valence-electron chi connectivity index (χ2n) is 3.96. The predicted molar refractivity (Wildman–Crippen MR) is 57.1 cm³/mol. The van der Waals surface area contributed by atoms with Crippen LogP contribution in [0.5, 0.6) is 0 Å². The fourth-order valence-corrected chi connectivity index (χ4v) is 1.72. The average Bonchev–Trinajstić information content (AvgIpc) is 2.56. The van der Waals surface area contributed by atoms with Crippen molar-refractivity contribution in [2.75, 3.05) is 6.54 Å². The molecular weight excluding hydrogens is 246 g/mol. The summed E-state index contributed by atoms with van der Waals surface area (Å²) in [6, 6.07) is 0. The SMILES string of the molecule is CC(=O)OC1CC(CC[N+](=O)[O-])OC1OC(C)=O. The monoisotopic (exact) mass is 261 g/mol. The van der Waals surface area contributed by atoms with Gasteiger partial charge in [0, 0.05) is 31.6 Å². The van der Waals surface area contributed by atoms with Gasteiger partial charge >= 0.3 is 11.9 Å². The Hall–Kier alpha value is -1.70. The Labute approximate surface area is 103 Å². The maximum atomic E-state index is 10.9. The van der Waals surface area contributed by atoms with Crippen LogP contribution in [0.15, 0.2) is 0 Å². The molecule has 3 unspecified atom stereocenters. The Morgan fingerprint density at radius 2 is 1.94 bits per heavy atom. The summed E-state index contributed by atoms with van der Waals surface area (Å²) in [6.07, 6.45) is -1.68. The minimum atomic E-state index is -0.983. The standard InChI is InChI=1S/C10H15NO7/c1-6(12)16-9-5-8(3-4-11(14)15)18-10(9)17-7(2)13/h8-10H,3-5H2,1-2H3. The molecular formula is C10H15NO7. The van der Waals surface area contributed by atoms with Crippen LogP contribution < -0.4 is 0 Å². The quantitative estimate of drug-likeness (QED) is 0.397. The Morgan fingerprint density at radius 3 is 2.44 bits per heavy atom. The third-order valence-corrected chi connectivity index (χ3v) is 2.36. The van der Waals surface area contributed by atoms with Crippen molar-refractivity contribution in [3.05, 3.63) is 10.1 Å². The summed E-state index contributed by atoms with van der Waals surface area (Å²) in [6.45, 7) is 2.19. The van der Waals surface area contributed by atoms with Gasteiger partial charge in [-0.05, 0) is 0 Å². The van der Waals surface area contributed by atoms with E-state index in [9.17, 15) is 19.7 Å². The summed E-state index contributed by atoms with van der Waals surface area (Å²) in [5.74, 6) is -1.08. The Balaban J connectivity index is 2.54. The first kappa shape index (κ1) is 14.4. The van der Waals surface area contributed by atoms with Crippen molar-refractivity contribution in [1.29, 1.82) is 0 Å². The molecule has 0 aromatic rings. The van der Waals surface area contributed by atoms with Crippen LogP contribution >= 0.6 is 0 Å². The molecule has 8 heteroatoms. The molecule has 0 bridgehead atoms. The minimum Gasteiger partial charge on any atom is -0.456 e. The number of nitrogens with zero attached hydrogens (tertiary/aromatic N) is 1. The predicted octanol–water partition coefficient (Wildman–Crippen LogP) is 0.263. The third kappa shape index (κ3) is 4.66. The van der Waals surface area contributed by atoms with E-state index in [0.29, 0.717) is 0 Å². The first-order valence-electron chi connectivity index (χ1n) is 5.50. The molecule has 18 heavy (non-hydrogen) atoms. The van der Waals surface area contributed by atoms with E-state index >= 15 is 0 Å². The molecule has 0 aromatic heterocycles. The summed E-state index contributed by atoms with van der Waals surface area (Å²) in [4.78, 5) is 31.5. The zero-order valence-corrected chi connectivity index (χ0v) is 10.2. The number of ether oxygens (including phenoxy) is 3. The summed E-state index contributed by atoms with van der Waals surface area (Å²) in [5, 5.41) is 10.3. The maximum Gasteiger partial charge on any atom is 0.305 e. The molecule has 102 valence electrons. The van der Waals surface area contributed by atoms with Crippen LogP contribution in [0, 0.1) is 10.1 Å². The molecule has 0 spiro atoms. The van der Waals surface area contributed by atoms with Gasteiger partial charge in [-0.1, -0.05) is 0 Å². The third-order valence-electron chi connectivity index (χ3n) is 2.36. The highest BCUT2D eigenvalue weighted by Crippen LogP contribution is 2.26. The van der Waals surface area contributed by atoms with E-state index in [-0.39, 0.29) is 19.4 Å². The zero-order chi connectivity index (χ0) is 13.7. The molecule has 1 saturated heterocycles. The van der Waals surface area contributed by atoms with Crippen molar-refractivity contribution < 1.29 is 28.7 Å². The molecule has 0 amide bonds. The lowest BCUT2D eigenvalue weighted by Crippen LogP contribution is -2.30. The lowest BCUT2D eigenvalue weighted by Gasteiger charge is -2.17. The number of esters is 2. The lowest BCUT2D eigenvalue weighted by atomic mass is 10.1. The normalized spacial score (nSPS) is 26.7. The van der Waals surface area contributed by atoms with Crippen LogP contribution in [0.25, 0.3) is 0 Å². The van der Waals surface area contributed by atoms with Crippen LogP contribution in [0.2, 0.25) is 0 Å². The van der Waals surface area contributed by atoms with Gasteiger partial charge in [0.2, 0.25) is 12.8 Å². The molecule has 1 rings (SSSR count). The second kappa shape index (κ2) is 6.29. The molecule has 0 saturated carbocycles. The molecule has 0 radical (unpaired) electrons. The number of rotatable bonds is 5. The van der Waals surface area contributed by atoms with Crippen molar-refractivity contribution in [3.63, 3.8) is 0 Å². The van der Waals surface area contributed by atoms with Gasteiger partial charge < -0.3 is 14.2 Å². The van der Waals surface area contributed by atoms with Crippen LogP contribution in [-0.4, -0.2) is 41.9 Å². The summed E-state index contributed by atoms with van der Waals surface area (Å²) in [7, 11) is 0. The Morgan fingerprint density at radius 1 is 1.33 bits per heavy atom. The molecule has 1 aliphatic heterocycles. The molecule has 0 aromatic carbocycles. The van der Waals surface area contributed by atoms with Gasteiger partial charge in [-0.25, -0.2) is 0 Å². The molecule has 0 N–H and O–H groups in total. The van der Waals surface area contributed by atoms with E-state index in [0.717, 1.165) is 0 Å². The van der Waals surface area contributed by atoms with Crippen molar-refractivity contribution in [2.24, 2.45) is 0 Å². The van der Waals surface area contributed by atoms with Crippen molar-refractivity contribution >= 4 is 11.9 Å². The number of nitro groups is 1. The fraction of sp³-hybridized carbons (Fsp3) is 0.800. The molecule has 3 atom stereocenters. The van der Waals surface area contributed by atoms with E-state index in [2.05, 4.69) is 0 Å². The molecule has 1 aliphatic rings. The maximum absolute atomic E-state index is 10.9. The van der Waals surface area contributed by atoms with Gasteiger partial charge in [-0.15, -0.1) is 0 Å². The highest BCUT2D eigenvalue weighted by atomic mass is 16.7. The lowest BCUT2D eigenvalue weighted by molar-refractivity contribution is -0.482. The smallest absolute Gasteiger partial charge is 0.305 e. The van der Waals surface area contributed by atoms with E-state index in [1.165, 1.54) is 13.8 Å². The van der Waals surface area contributed by atoms with Gasteiger partial charge in [0.1, 0.15) is 0 Å². The van der Waals surface area contributed by atoms with E-state index in [1.807, 2.05) is 0 Å². The van der Waals surface area contributed by atoms with Crippen LogP contribution in [0.4, 0.5) is 0 Å². The molecule has 1 fully saturated rings. The van der Waals surface area contributed by atoms with Gasteiger partial charge in [-0.3, -0.25) is 19.7 Å². The number of hydrogen-bond donors (Lipinski definition) is 0. The van der Waals surface area contributed by atoms with Crippen LogP contribution in [-0.2, 0) is 23.8 Å². The van der Waals surface area contributed by atoms with Crippen molar-refractivity contribution in [1.82, 2.24) is 0 Å². The second-order valence-corrected chi connectivity index (χ2v) is 3.96. The highest BCUT2D eigenvalue weighted by molar-refractivity contribution is 5.67. The van der Waals surface area contributed by atoms with E-state index in [4.69, 9.17) is 14.2 Å². The van der Waals surface area contributed by atoms with Crippen molar-refractivity contribution in [2.45, 2.75) is 45.2 Å². The number of carbonyl (C=O) groups is 2. The summed E-state index contributed by atoms with van der Waals surface area (Å²) in [5.41, 5.74) is 0. The van der Waals surface area contributed by atoms with Gasteiger partial charge in [0.05, 0.1) is 6.10 Å². The highest BCUT2D eigenvalue weighted by Gasteiger charge is 2.40. The van der Waals surface area contributed by atoms with Gasteiger partial charge in [-0.2, -0.15) is 0 Å². The molecule has 8 nitrogen and oxygen atoms in total. The average molecular weight is 261 g/mol. The van der Waals surface area contributed by atoms with Crippen LogP contribution in [0.3, 0.4) is 0 Å². The van der Waals surface area contributed by atoms with E-state index in [1.54, 1.807) is 0 Å². The first-order valence-corrected chi connectivity index (χ1v) is 5.50. The first-order chi connectivity index (χ1) is 8.38. The summed E-state index contributed by atoms with van der Waals surface area (Å²) < 4.78 is 15.1. The topological polar surface area (TPSA) is 105 Å². The zero-order valence-electron chi connectivity index (χ0n) is 10.2. The fourth-order valence-electron chi connectivity index (χ4n) is 1.72. The molecule has 0 aliphatic carbocycles. The Kier molecular flexibility index (Phi) is 5.02. The van der Waals surface area contributed by atoms with E-state index < -0.39 is 35.4 Å². The largest absolute Gasteiger partial charge is 0.456 e. The van der Waals surface area contributed by atoms with Crippen molar-refractivity contribution in [3.8, 4) is 0 Å².